The standard InChI is InChI=1S/C20H24F2N4O6/c1-9(23)16-15(17(27)25-7-12(24)19(28)29)26-18(32-16)11-4-5-13(31-20(21)22)14(6-11)30-8-10-2-3-10/h4-6,9-10,12,20H,2-3,7-8,23-24H2,1H3,(H,25,27)(H,28,29)/t9-,12?/m0/s1. The summed E-state index contributed by atoms with van der Waals surface area (Å²) >= 11 is 0. The van der Waals surface area contributed by atoms with Crippen molar-refractivity contribution in [3.63, 3.8) is 0 Å². The monoisotopic (exact) mass is 454 g/mol. The Labute approximate surface area is 181 Å². The number of nitrogens with zero attached hydrogens (tertiary/aromatic N) is 1. The summed E-state index contributed by atoms with van der Waals surface area (Å²) in [5, 5.41) is 11.2. The van der Waals surface area contributed by atoms with E-state index in [9.17, 15) is 18.4 Å². The molecule has 1 unspecified atom stereocenters. The van der Waals surface area contributed by atoms with Gasteiger partial charge in [-0.1, -0.05) is 0 Å². The molecule has 1 aromatic carbocycles. The third-order valence-electron chi connectivity index (χ3n) is 4.66. The van der Waals surface area contributed by atoms with Gasteiger partial charge >= 0.3 is 12.6 Å². The number of carboxylic acids is 1. The Morgan fingerprint density at radius 1 is 1.31 bits per heavy atom. The van der Waals surface area contributed by atoms with Gasteiger partial charge in [0.1, 0.15) is 6.04 Å². The van der Waals surface area contributed by atoms with Gasteiger partial charge in [0.2, 0.25) is 5.89 Å². The maximum Gasteiger partial charge on any atom is 0.387 e. The van der Waals surface area contributed by atoms with Crippen LogP contribution in [-0.2, 0) is 4.79 Å². The predicted octanol–water partition coefficient (Wildman–Crippen LogP) is 1.89. The molecular formula is C20H24F2N4O6. The highest BCUT2D eigenvalue weighted by Gasteiger charge is 2.26. The number of hydrogen-bond donors (Lipinski definition) is 4. The van der Waals surface area contributed by atoms with Crippen LogP contribution in [0.2, 0.25) is 0 Å². The van der Waals surface area contributed by atoms with Crippen LogP contribution >= 0.6 is 0 Å². The Morgan fingerprint density at radius 2 is 2.03 bits per heavy atom. The highest BCUT2D eigenvalue weighted by molar-refractivity contribution is 5.94. The van der Waals surface area contributed by atoms with Crippen molar-refractivity contribution in [3.8, 4) is 23.0 Å². The van der Waals surface area contributed by atoms with Crippen molar-refractivity contribution in [1.82, 2.24) is 10.3 Å². The topological polar surface area (TPSA) is 163 Å². The van der Waals surface area contributed by atoms with Crippen LogP contribution in [0.5, 0.6) is 11.5 Å². The van der Waals surface area contributed by atoms with E-state index in [0.29, 0.717) is 18.1 Å². The molecule has 174 valence electrons. The molecule has 0 saturated heterocycles. The fourth-order valence-electron chi connectivity index (χ4n) is 2.74. The van der Waals surface area contributed by atoms with E-state index in [1.165, 1.54) is 18.2 Å². The third kappa shape index (κ3) is 5.92. The highest BCUT2D eigenvalue weighted by Crippen LogP contribution is 2.37. The lowest BCUT2D eigenvalue weighted by Gasteiger charge is -2.12. The zero-order valence-corrected chi connectivity index (χ0v) is 17.2. The smallest absolute Gasteiger partial charge is 0.387 e. The number of aromatic nitrogens is 1. The van der Waals surface area contributed by atoms with Crippen molar-refractivity contribution >= 4 is 11.9 Å². The van der Waals surface area contributed by atoms with E-state index >= 15 is 0 Å². The number of nitrogens with two attached hydrogens (primary N) is 2. The van der Waals surface area contributed by atoms with E-state index in [2.05, 4.69) is 15.0 Å². The molecule has 0 bridgehead atoms. The van der Waals surface area contributed by atoms with E-state index in [-0.39, 0.29) is 35.4 Å². The second kappa shape index (κ2) is 9.92. The molecule has 0 spiro atoms. The number of rotatable bonds is 11. The molecular weight excluding hydrogens is 430 g/mol. The fraction of sp³-hybridized carbons (Fsp3) is 0.450. The fourth-order valence-corrected chi connectivity index (χ4v) is 2.74. The summed E-state index contributed by atoms with van der Waals surface area (Å²) in [7, 11) is 0. The highest BCUT2D eigenvalue weighted by atomic mass is 19.3. The number of aliphatic carboxylic acids is 1. The molecule has 0 aliphatic heterocycles. The maximum absolute atomic E-state index is 12.7. The molecule has 0 radical (unpaired) electrons. The van der Waals surface area contributed by atoms with Gasteiger partial charge in [-0.2, -0.15) is 8.78 Å². The summed E-state index contributed by atoms with van der Waals surface area (Å²) in [5.74, 6) is -1.59. The summed E-state index contributed by atoms with van der Waals surface area (Å²) in [6, 6.07) is 2.15. The number of hydrogen-bond acceptors (Lipinski definition) is 8. The quantitative estimate of drug-likeness (QED) is 0.397. The zero-order chi connectivity index (χ0) is 23.4. The van der Waals surface area contributed by atoms with E-state index in [1.54, 1.807) is 6.92 Å². The molecule has 1 fully saturated rings. The van der Waals surface area contributed by atoms with Gasteiger partial charge in [-0.3, -0.25) is 9.59 Å². The SMILES string of the molecule is C[C@H](N)c1oc(-c2ccc(OC(F)F)c(OCC3CC3)c2)nc1C(=O)NCC(N)C(=O)O. The van der Waals surface area contributed by atoms with E-state index < -0.39 is 30.6 Å². The molecule has 3 rings (SSSR count). The lowest BCUT2D eigenvalue weighted by molar-refractivity contribution is -0.138. The third-order valence-corrected chi connectivity index (χ3v) is 4.66. The zero-order valence-electron chi connectivity index (χ0n) is 17.2. The van der Waals surface area contributed by atoms with Crippen LogP contribution < -0.4 is 26.3 Å². The molecule has 1 saturated carbocycles. The Bertz CT molecular complexity index is 977. The average molecular weight is 454 g/mol. The number of carbonyl (C=O) groups excluding carboxylic acids is 1. The Balaban J connectivity index is 1.87. The van der Waals surface area contributed by atoms with Crippen molar-refractivity contribution in [1.29, 1.82) is 0 Å². The average Bonchev–Trinajstić information content (AvgIpc) is 3.45. The van der Waals surface area contributed by atoms with Crippen molar-refractivity contribution in [2.24, 2.45) is 17.4 Å². The summed E-state index contributed by atoms with van der Waals surface area (Å²) in [6.45, 7) is -1.42. The van der Waals surface area contributed by atoms with Crippen LogP contribution in [-0.4, -0.2) is 47.8 Å². The first-order valence-electron chi connectivity index (χ1n) is 9.90. The first-order valence-corrected chi connectivity index (χ1v) is 9.90. The molecule has 12 heteroatoms. The van der Waals surface area contributed by atoms with Gasteiger partial charge < -0.3 is 35.8 Å². The maximum atomic E-state index is 12.7. The lowest BCUT2D eigenvalue weighted by atomic mass is 10.2. The Hall–Kier alpha value is -3.25. The number of nitrogens with one attached hydrogen (secondary N) is 1. The lowest BCUT2D eigenvalue weighted by Crippen LogP contribution is -2.42. The molecule has 1 aromatic heterocycles. The van der Waals surface area contributed by atoms with Crippen LogP contribution in [0.3, 0.4) is 0 Å². The molecule has 10 nitrogen and oxygen atoms in total. The van der Waals surface area contributed by atoms with Crippen LogP contribution in [0.15, 0.2) is 22.6 Å². The molecule has 1 amide bonds. The summed E-state index contributed by atoms with van der Waals surface area (Å²) in [4.78, 5) is 27.5. The largest absolute Gasteiger partial charge is 0.489 e. The van der Waals surface area contributed by atoms with E-state index in [0.717, 1.165) is 12.8 Å². The number of halogens is 2. The number of benzene rings is 1. The van der Waals surface area contributed by atoms with Crippen LogP contribution in [0.25, 0.3) is 11.5 Å². The first-order chi connectivity index (χ1) is 15.2. The number of carboxylic acid groups (broad SMARTS) is 1. The predicted molar refractivity (Wildman–Crippen MR) is 107 cm³/mol. The van der Waals surface area contributed by atoms with Gasteiger partial charge in [0, 0.05) is 12.1 Å². The van der Waals surface area contributed by atoms with Gasteiger partial charge in [-0.05, 0) is 43.9 Å². The summed E-state index contributed by atoms with van der Waals surface area (Å²) in [5.41, 5.74) is 11.5. The second-order valence-electron chi connectivity index (χ2n) is 7.47. The van der Waals surface area contributed by atoms with Crippen LogP contribution in [0.1, 0.15) is 42.1 Å². The van der Waals surface area contributed by atoms with Crippen LogP contribution in [0, 0.1) is 5.92 Å². The minimum absolute atomic E-state index is 0.00449. The summed E-state index contributed by atoms with van der Waals surface area (Å²) in [6.07, 6.45) is 2.01. The molecule has 2 aromatic rings. The van der Waals surface area contributed by atoms with E-state index in [4.69, 9.17) is 25.7 Å². The number of carbonyl (C=O) groups is 2. The minimum atomic E-state index is -3.02. The molecule has 2 atom stereocenters. The Kier molecular flexibility index (Phi) is 7.26. The molecule has 1 aliphatic rings. The van der Waals surface area contributed by atoms with Crippen molar-refractivity contribution < 1.29 is 37.4 Å². The molecule has 6 N–H and O–H groups in total. The van der Waals surface area contributed by atoms with Crippen LogP contribution in [0.4, 0.5) is 8.78 Å². The minimum Gasteiger partial charge on any atom is -0.489 e. The van der Waals surface area contributed by atoms with Crippen molar-refractivity contribution in [2.75, 3.05) is 13.2 Å². The van der Waals surface area contributed by atoms with Gasteiger partial charge in [0.25, 0.3) is 5.91 Å². The van der Waals surface area contributed by atoms with E-state index in [1.807, 2.05) is 0 Å². The summed E-state index contributed by atoms with van der Waals surface area (Å²) < 4.78 is 41.3. The van der Waals surface area contributed by atoms with Crippen molar-refractivity contribution in [3.05, 3.63) is 29.7 Å². The molecule has 1 aliphatic carbocycles. The Morgan fingerprint density at radius 3 is 2.62 bits per heavy atom. The van der Waals surface area contributed by atoms with Gasteiger partial charge in [-0.25, -0.2) is 4.98 Å². The second-order valence-corrected chi connectivity index (χ2v) is 7.47. The number of oxazole rings is 1. The molecule has 32 heavy (non-hydrogen) atoms. The number of amides is 1. The van der Waals surface area contributed by atoms with Gasteiger partial charge in [-0.15, -0.1) is 0 Å². The molecule has 1 heterocycles. The number of alkyl halides is 2. The normalized spacial score (nSPS) is 15.3. The first kappa shape index (κ1) is 23.4. The van der Waals surface area contributed by atoms with Gasteiger partial charge in [0.15, 0.2) is 23.0 Å². The van der Waals surface area contributed by atoms with Gasteiger partial charge in [0.05, 0.1) is 12.6 Å². The van der Waals surface area contributed by atoms with Crippen molar-refractivity contribution in [2.45, 2.75) is 38.5 Å². The number of ether oxygens (including phenoxy) is 2.